The van der Waals surface area contributed by atoms with E-state index in [-0.39, 0.29) is 10.6 Å². The molecule has 2 rings (SSSR count). The maximum atomic E-state index is 11.1. The molecule has 0 atom stereocenters. The molecule has 0 radical (unpaired) electrons. The van der Waals surface area contributed by atoms with E-state index in [1.54, 1.807) is 19.1 Å². The summed E-state index contributed by atoms with van der Waals surface area (Å²) in [5.74, 6) is 0. The van der Waals surface area contributed by atoms with Gasteiger partial charge >= 0.3 is 0 Å². The van der Waals surface area contributed by atoms with Gasteiger partial charge in [0.05, 0.1) is 23.2 Å². The third-order valence-electron chi connectivity index (χ3n) is 2.71. The van der Waals surface area contributed by atoms with Crippen molar-refractivity contribution in [2.24, 2.45) is 0 Å². The predicted molar refractivity (Wildman–Crippen MR) is 65.9 cm³/mol. The Labute approximate surface area is 104 Å². The minimum Gasteiger partial charge on any atom is -0.378 e. The molecule has 1 aromatic carbocycles. The molecule has 0 N–H and O–H groups in total. The Bertz CT molecular complexity index is 445. The molecule has 0 unspecified atom stereocenters. The maximum Gasteiger partial charge on any atom is 0.294 e. The zero-order chi connectivity index (χ0) is 12.4. The van der Waals surface area contributed by atoms with Crippen LogP contribution in [0, 0.1) is 17.0 Å². The first-order chi connectivity index (χ1) is 8.09. The van der Waals surface area contributed by atoms with Crippen LogP contribution in [0.1, 0.15) is 5.56 Å². The maximum absolute atomic E-state index is 11.1. The average molecular weight is 257 g/mol. The second kappa shape index (κ2) is 4.89. The van der Waals surface area contributed by atoms with Gasteiger partial charge in [-0.05, 0) is 18.6 Å². The van der Waals surface area contributed by atoms with Crippen LogP contribution in [0.4, 0.5) is 11.4 Å². The number of hydrogen-bond donors (Lipinski definition) is 0. The number of aryl methyl sites for hydroxylation is 1. The molecule has 92 valence electrons. The summed E-state index contributed by atoms with van der Waals surface area (Å²) >= 11 is 6.13. The SMILES string of the molecule is Cc1cc(Cl)c(N2CCOCC2)c([N+](=O)[O-])c1. The third-order valence-corrected chi connectivity index (χ3v) is 3.00. The highest BCUT2D eigenvalue weighted by atomic mass is 35.5. The molecule has 0 aliphatic carbocycles. The molecule has 1 aliphatic heterocycles. The van der Waals surface area contributed by atoms with Crippen molar-refractivity contribution >= 4 is 23.0 Å². The van der Waals surface area contributed by atoms with Crippen LogP contribution in [-0.2, 0) is 4.74 Å². The molecule has 5 nitrogen and oxygen atoms in total. The van der Waals surface area contributed by atoms with E-state index in [0.29, 0.717) is 37.0 Å². The molecule has 1 aromatic rings. The van der Waals surface area contributed by atoms with Gasteiger partial charge in [0.1, 0.15) is 5.69 Å². The Morgan fingerprint density at radius 1 is 1.41 bits per heavy atom. The molecule has 0 bridgehead atoms. The molecular weight excluding hydrogens is 244 g/mol. The summed E-state index contributed by atoms with van der Waals surface area (Å²) < 4.78 is 5.23. The van der Waals surface area contributed by atoms with Crippen molar-refractivity contribution in [2.45, 2.75) is 6.92 Å². The van der Waals surface area contributed by atoms with Crippen LogP contribution in [0.2, 0.25) is 5.02 Å². The summed E-state index contributed by atoms with van der Waals surface area (Å²) in [5.41, 5.74) is 1.36. The molecule has 1 fully saturated rings. The van der Waals surface area contributed by atoms with Crippen molar-refractivity contribution in [3.05, 3.63) is 32.8 Å². The van der Waals surface area contributed by atoms with Gasteiger partial charge in [-0.2, -0.15) is 0 Å². The second-order valence-corrected chi connectivity index (χ2v) is 4.38. The third kappa shape index (κ3) is 2.50. The Balaban J connectivity index is 2.46. The number of nitro benzene ring substituents is 1. The number of benzene rings is 1. The van der Waals surface area contributed by atoms with Gasteiger partial charge in [0.15, 0.2) is 0 Å². The number of halogens is 1. The van der Waals surface area contributed by atoms with Gasteiger partial charge in [-0.15, -0.1) is 0 Å². The highest BCUT2D eigenvalue weighted by Crippen LogP contribution is 2.37. The molecule has 1 aliphatic rings. The fourth-order valence-electron chi connectivity index (χ4n) is 1.96. The summed E-state index contributed by atoms with van der Waals surface area (Å²) in [5, 5.41) is 11.5. The Kier molecular flexibility index (Phi) is 3.49. The van der Waals surface area contributed by atoms with Crippen molar-refractivity contribution < 1.29 is 9.66 Å². The molecule has 6 heteroatoms. The van der Waals surface area contributed by atoms with Crippen LogP contribution in [0.15, 0.2) is 12.1 Å². The number of rotatable bonds is 2. The van der Waals surface area contributed by atoms with E-state index in [2.05, 4.69) is 0 Å². The zero-order valence-electron chi connectivity index (χ0n) is 9.48. The summed E-state index contributed by atoms with van der Waals surface area (Å²) in [6, 6.07) is 3.30. The van der Waals surface area contributed by atoms with E-state index in [4.69, 9.17) is 16.3 Å². The number of nitro groups is 1. The van der Waals surface area contributed by atoms with Gasteiger partial charge in [0.2, 0.25) is 0 Å². The summed E-state index contributed by atoms with van der Waals surface area (Å²) in [6.45, 7) is 4.19. The minimum absolute atomic E-state index is 0.0666. The van der Waals surface area contributed by atoms with E-state index in [9.17, 15) is 10.1 Å². The smallest absolute Gasteiger partial charge is 0.294 e. The summed E-state index contributed by atoms with van der Waals surface area (Å²) in [6.07, 6.45) is 0. The van der Waals surface area contributed by atoms with Gasteiger partial charge in [0.25, 0.3) is 5.69 Å². The molecule has 17 heavy (non-hydrogen) atoms. The summed E-state index contributed by atoms with van der Waals surface area (Å²) in [7, 11) is 0. The molecule has 1 saturated heterocycles. The number of anilines is 1. The van der Waals surface area contributed by atoms with Crippen LogP contribution in [-0.4, -0.2) is 31.2 Å². The van der Waals surface area contributed by atoms with Crippen LogP contribution in [0.5, 0.6) is 0 Å². The monoisotopic (exact) mass is 256 g/mol. The van der Waals surface area contributed by atoms with Crippen molar-refractivity contribution in [3.8, 4) is 0 Å². The Morgan fingerprint density at radius 2 is 2.06 bits per heavy atom. The highest BCUT2D eigenvalue weighted by Gasteiger charge is 2.24. The van der Waals surface area contributed by atoms with E-state index in [1.807, 2.05) is 4.90 Å². The van der Waals surface area contributed by atoms with E-state index in [0.717, 1.165) is 5.56 Å². The molecule has 0 aromatic heterocycles. The lowest BCUT2D eigenvalue weighted by molar-refractivity contribution is -0.384. The average Bonchev–Trinajstić information content (AvgIpc) is 2.29. The summed E-state index contributed by atoms with van der Waals surface area (Å²) in [4.78, 5) is 12.6. The lowest BCUT2D eigenvalue weighted by Gasteiger charge is -2.29. The first kappa shape index (κ1) is 12.1. The standard InChI is InChI=1S/C11H13ClN2O3/c1-8-6-9(12)11(10(7-8)14(15)16)13-2-4-17-5-3-13/h6-7H,2-5H2,1H3. The molecular formula is C11H13ClN2O3. The minimum atomic E-state index is -0.385. The largest absolute Gasteiger partial charge is 0.378 e. The van der Waals surface area contributed by atoms with Crippen molar-refractivity contribution in [3.63, 3.8) is 0 Å². The molecule has 0 saturated carbocycles. The van der Waals surface area contributed by atoms with Gasteiger partial charge in [-0.25, -0.2) is 0 Å². The first-order valence-corrected chi connectivity index (χ1v) is 5.74. The fraction of sp³-hybridized carbons (Fsp3) is 0.455. The normalized spacial score (nSPS) is 16.0. The predicted octanol–water partition coefficient (Wildman–Crippen LogP) is 2.39. The van der Waals surface area contributed by atoms with Crippen molar-refractivity contribution in [2.75, 3.05) is 31.2 Å². The van der Waals surface area contributed by atoms with E-state index in [1.165, 1.54) is 0 Å². The van der Waals surface area contributed by atoms with Crippen LogP contribution in [0.3, 0.4) is 0 Å². The second-order valence-electron chi connectivity index (χ2n) is 3.97. The highest BCUT2D eigenvalue weighted by molar-refractivity contribution is 6.33. The Morgan fingerprint density at radius 3 is 2.65 bits per heavy atom. The van der Waals surface area contributed by atoms with Crippen LogP contribution in [0.25, 0.3) is 0 Å². The molecule has 1 heterocycles. The van der Waals surface area contributed by atoms with Gasteiger partial charge in [-0.3, -0.25) is 10.1 Å². The lowest BCUT2D eigenvalue weighted by atomic mass is 10.1. The van der Waals surface area contributed by atoms with Crippen molar-refractivity contribution in [1.29, 1.82) is 0 Å². The molecule has 0 amide bonds. The number of nitrogens with zero attached hydrogens (tertiary/aromatic N) is 2. The quantitative estimate of drug-likeness (QED) is 0.602. The lowest BCUT2D eigenvalue weighted by Crippen LogP contribution is -2.36. The number of morpholine rings is 1. The topological polar surface area (TPSA) is 55.6 Å². The van der Waals surface area contributed by atoms with Gasteiger partial charge < -0.3 is 9.64 Å². The fourth-order valence-corrected chi connectivity index (χ4v) is 2.34. The van der Waals surface area contributed by atoms with E-state index < -0.39 is 0 Å². The van der Waals surface area contributed by atoms with Crippen LogP contribution >= 0.6 is 11.6 Å². The zero-order valence-corrected chi connectivity index (χ0v) is 10.2. The Hall–Kier alpha value is -1.33. The number of hydrogen-bond acceptors (Lipinski definition) is 4. The van der Waals surface area contributed by atoms with Crippen molar-refractivity contribution in [1.82, 2.24) is 0 Å². The molecule has 0 spiro atoms. The van der Waals surface area contributed by atoms with E-state index >= 15 is 0 Å². The van der Waals surface area contributed by atoms with Gasteiger partial charge in [-0.1, -0.05) is 11.6 Å². The van der Waals surface area contributed by atoms with Gasteiger partial charge in [0, 0.05) is 19.2 Å². The number of ether oxygens (including phenoxy) is 1. The van der Waals surface area contributed by atoms with Crippen LogP contribution < -0.4 is 4.90 Å². The first-order valence-electron chi connectivity index (χ1n) is 5.37.